The standard InChI is InChI=1S/C18H30N2O3/c1-4-6-8-13(3)17(22)20-15(12-14-9-7-10-14)16(21)18(23)19-11-5-2/h5,13-15H,2,4,6-12H2,1,3H3,(H,19,23)(H,20,22). The van der Waals surface area contributed by atoms with E-state index in [0.717, 1.165) is 38.5 Å². The SMILES string of the molecule is C=CCNC(=O)C(=O)C(CC1CCC1)NC(=O)C(C)CCCC. The molecule has 1 rings (SSSR count). The summed E-state index contributed by atoms with van der Waals surface area (Å²) in [6.45, 7) is 7.71. The Morgan fingerprint density at radius 1 is 1.30 bits per heavy atom. The minimum atomic E-state index is -0.707. The third kappa shape index (κ3) is 6.55. The van der Waals surface area contributed by atoms with Crippen LogP contribution in [-0.2, 0) is 14.4 Å². The van der Waals surface area contributed by atoms with Gasteiger partial charge in [-0.3, -0.25) is 14.4 Å². The number of hydrogen-bond acceptors (Lipinski definition) is 3. The Morgan fingerprint density at radius 3 is 2.52 bits per heavy atom. The summed E-state index contributed by atoms with van der Waals surface area (Å²) in [5, 5.41) is 5.31. The average Bonchev–Trinajstić information content (AvgIpc) is 2.51. The number of ketones is 1. The largest absolute Gasteiger partial charge is 0.346 e. The molecule has 1 aliphatic carbocycles. The van der Waals surface area contributed by atoms with Crippen LogP contribution >= 0.6 is 0 Å². The number of carbonyl (C=O) groups excluding carboxylic acids is 3. The van der Waals surface area contributed by atoms with Gasteiger partial charge in [0.05, 0.1) is 6.04 Å². The highest BCUT2D eigenvalue weighted by Gasteiger charge is 2.32. The molecule has 2 amide bonds. The number of rotatable bonds is 11. The molecule has 23 heavy (non-hydrogen) atoms. The van der Waals surface area contributed by atoms with Crippen LogP contribution in [0, 0.1) is 11.8 Å². The number of hydrogen-bond donors (Lipinski definition) is 2. The van der Waals surface area contributed by atoms with Gasteiger partial charge in [-0.05, 0) is 18.8 Å². The minimum absolute atomic E-state index is 0.132. The summed E-state index contributed by atoms with van der Waals surface area (Å²) in [6.07, 6.45) is 8.20. The molecule has 1 fully saturated rings. The lowest BCUT2D eigenvalue weighted by molar-refractivity contribution is -0.140. The Morgan fingerprint density at radius 2 is 2.00 bits per heavy atom. The van der Waals surface area contributed by atoms with E-state index in [1.807, 2.05) is 6.92 Å². The van der Waals surface area contributed by atoms with Gasteiger partial charge in [-0.1, -0.05) is 52.0 Å². The normalized spacial score (nSPS) is 16.8. The number of carbonyl (C=O) groups is 3. The molecule has 0 saturated heterocycles. The van der Waals surface area contributed by atoms with Crippen molar-refractivity contribution in [1.82, 2.24) is 10.6 Å². The zero-order chi connectivity index (χ0) is 17.2. The van der Waals surface area contributed by atoms with E-state index in [0.29, 0.717) is 12.3 Å². The van der Waals surface area contributed by atoms with Gasteiger partial charge in [0.15, 0.2) is 0 Å². The van der Waals surface area contributed by atoms with Crippen LogP contribution in [0.1, 0.15) is 58.8 Å². The average molecular weight is 322 g/mol. The molecular formula is C18H30N2O3. The Balaban J connectivity index is 2.63. The van der Waals surface area contributed by atoms with E-state index in [1.54, 1.807) is 0 Å². The van der Waals surface area contributed by atoms with Gasteiger partial charge in [0, 0.05) is 12.5 Å². The number of Topliss-reactive ketones (excluding diaryl/α,β-unsaturated/α-hetero) is 1. The monoisotopic (exact) mass is 322 g/mol. The first-order chi connectivity index (χ1) is 11.0. The van der Waals surface area contributed by atoms with Crippen LogP contribution < -0.4 is 10.6 Å². The van der Waals surface area contributed by atoms with Crippen LogP contribution in [0.5, 0.6) is 0 Å². The molecule has 0 spiro atoms. The van der Waals surface area contributed by atoms with Crippen LogP contribution in [0.25, 0.3) is 0 Å². The van der Waals surface area contributed by atoms with Gasteiger partial charge in [-0.25, -0.2) is 0 Å². The van der Waals surface area contributed by atoms with Crippen molar-refractivity contribution < 1.29 is 14.4 Å². The molecule has 0 heterocycles. The van der Waals surface area contributed by atoms with E-state index in [2.05, 4.69) is 24.1 Å². The predicted octanol–water partition coefficient (Wildman–Crippen LogP) is 2.36. The lowest BCUT2D eigenvalue weighted by Crippen LogP contribution is -2.50. The highest BCUT2D eigenvalue weighted by atomic mass is 16.2. The Hall–Kier alpha value is -1.65. The molecule has 0 aliphatic heterocycles. The highest BCUT2D eigenvalue weighted by Crippen LogP contribution is 2.30. The molecular weight excluding hydrogens is 292 g/mol. The van der Waals surface area contributed by atoms with Gasteiger partial charge in [0.1, 0.15) is 0 Å². The van der Waals surface area contributed by atoms with E-state index in [-0.39, 0.29) is 18.4 Å². The molecule has 5 nitrogen and oxygen atoms in total. The fraction of sp³-hybridized carbons (Fsp3) is 0.722. The topological polar surface area (TPSA) is 75.3 Å². The maximum atomic E-state index is 12.3. The van der Waals surface area contributed by atoms with Gasteiger partial charge in [-0.15, -0.1) is 6.58 Å². The van der Waals surface area contributed by atoms with Crippen molar-refractivity contribution in [3.63, 3.8) is 0 Å². The van der Waals surface area contributed by atoms with Gasteiger partial charge < -0.3 is 10.6 Å². The number of nitrogens with one attached hydrogen (secondary N) is 2. The fourth-order valence-electron chi connectivity index (χ4n) is 2.66. The van der Waals surface area contributed by atoms with Crippen molar-refractivity contribution in [2.24, 2.45) is 11.8 Å². The zero-order valence-corrected chi connectivity index (χ0v) is 14.4. The highest BCUT2D eigenvalue weighted by molar-refractivity contribution is 6.38. The first kappa shape index (κ1) is 19.4. The molecule has 0 aromatic heterocycles. The molecule has 0 aromatic rings. The molecule has 5 heteroatoms. The van der Waals surface area contributed by atoms with E-state index in [4.69, 9.17) is 0 Å². The van der Waals surface area contributed by atoms with Crippen molar-refractivity contribution >= 4 is 17.6 Å². The van der Waals surface area contributed by atoms with E-state index < -0.39 is 17.7 Å². The van der Waals surface area contributed by atoms with E-state index in [9.17, 15) is 14.4 Å². The summed E-state index contributed by atoms with van der Waals surface area (Å²) < 4.78 is 0. The van der Waals surface area contributed by atoms with E-state index in [1.165, 1.54) is 6.08 Å². The van der Waals surface area contributed by atoms with Gasteiger partial charge in [0.2, 0.25) is 11.7 Å². The summed E-state index contributed by atoms with van der Waals surface area (Å²) in [6, 6.07) is -0.707. The van der Waals surface area contributed by atoms with Crippen molar-refractivity contribution in [2.75, 3.05) is 6.54 Å². The molecule has 2 atom stereocenters. The van der Waals surface area contributed by atoms with Crippen LogP contribution in [0.4, 0.5) is 0 Å². The smallest absolute Gasteiger partial charge is 0.289 e. The second-order valence-corrected chi connectivity index (χ2v) is 6.50. The van der Waals surface area contributed by atoms with E-state index >= 15 is 0 Å². The molecule has 0 aromatic carbocycles. The quantitative estimate of drug-likeness (QED) is 0.453. The van der Waals surface area contributed by atoms with Crippen molar-refractivity contribution in [3.8, 4) is 0 Å². The Labute approximate surface area is 139 Å². The van der Waals surface area contributed by atoms with Crippen LogP contribution in [-0.4, -0.2) is 30.2 Å². The van der Waals surface area contributed by atoms with Crippen molar-refractivity contribution in [1.29, 1.82) is 0 Å². The Bertz CT molecular complexity index is 430. The maximum absolute atomic E-state index is 12.3. The first-order valence-corrected chi connectivity index (χ1v) is 8.72. The molecule has 2 N–H and O–H groups in total. The molecule has 1 aliphatic rings. The lowest BCUT2D eigenvalue weighted by atomic mass is 9.80. The molecule has 1 saturated carbocycles. The molecule has 130 valence electrons. The molecule has 2 unspecified atom stereocenters. The molecule has 0 radical (unpaired) electrons. The molecule has 0 bridgehead atoms. The fourth-order valence-corrected chi connectivity index (χ4v) is 2.66. The van der Waals surface area contributed by atoms with Gasteiger partial charge in [0.25, 0.3) is 5.91 Å². The summed E-state index contributed by atoms with van der Waals surface area (Å²) in [4.78, 5) is 36.5. The predicted molar refractivity (Wildman–Crippen MR) is 90.8 cm³/mol. The third-order valence-corrected chi connectivity index (χ3v) is 4.50. The second kappa shape index (κ2) is 10.2. The first-order valence-electron chi connectivity index (χ1n) is 8.72. The lowest BCUT2D eigenvalue weighted by Gasteiger charge is -2.29. The summed E-state index contributed by atoms with van der Waals surface area (Å²) in [5.41, 5.74) is 0. The third-order valence-electron chi connectivity index (χ3n) is 4.50. The van der Waals surface area contributed by atoms with Crippen LogP contribution in [0.3, 0.4) is 0 Å². The summed E-state index contributed by atoms with van der Waals surface area (Å²) >= 11 is 0. The van der Waals surface area contributed by atoms with Crippen molar-refractivity contribution in [3.05, 3.63) is 12.7 Å². The number of amides is 2. The zero-order valence-electron chi connectivity index (χ0n) is 14.4. The van der Waals surface area contributed by atoms with Gasteiger partial charge in [-0.2, -0.15) is 0 Å². The minimum Gasteiger partial charge on any atom is -0.346 e. The van der Waals surface area contributed by atoms with Gasteiger partial charge >= 0.3 is 0 Å². The summed E-state index contributed by atoms with van der Waals surface area (Å²) in [7, 11) is 0. The summed E-state index contributed by atoms with van der Waals surface area (Å²) in [5.74, 6) is -1.02. The number of unbranched alkanes of at least 4 members (excludes halogenated alkanes) is 1. The Kier molecular flexibility index (Phi) is 8.59. The van der Waals surface area contributed by atoms with Crippen LogP contribution in [0.2, 0.25) is 0 Å². The second-order valence-electron chi connectivity index (χ2n) is 6.50. The maximum Gasteiger partial charge on any atom is 0.289 e. The van der Waals surface area contributed by atoms with Crippen molar-refractivity contribution in [2.45, 2.75) is 64.8 Å². The van der Waals surface area contributed by atoms with Crippen LogP contribution in [0.15, 0.2) is 12.7 Å².